The van der Waals surface area contributed by atoms with Crippen LogP contribution >= 0.6 is 0 Å². The molecule has 100 valence electrons. The van der Waals surface area contributed by atoms with Gasteiger partial charge in [-0.2, -0.15) is 0 Å². The standard InChI is InChI=1S/C14H15NO3S/c1-18-13-9-4-3-6-10(13)11-7-5-8-12(15)14(11)19(2,16)17/h3-9H,15H2,1-2H3. The predicted octanol–water partition coefficient (Wildman–Crippen LogP) is 2.35. The van der Waals surface area contributed by atoms with Crippen LogP contribution < -0.4 is 10.5 Å². The van der Waals surface area contributed by atoms with Gasteiger partial charge >= 0.3 is 0 Å². The van der Waals surface area contributed by atoms with Gasteiger partial charge in [-0.05, 0) is 12.1 Å². The Morgan fingerprint density at radius 3 is 2.26 bits per heavy atom. The Hall–Kier alpha value is -2.01. The van der Waals surface area contributed by atoms with Crippen LogP contribution in [-0.2, 0) is 9.84 Å². The first-order valence-corrected chi connectivity index (χ1v) is 7.56. The molecule has 0 aliphatic rings. The zero-order valence-electron chi connectivity index (χ0n) is 10.8. The number of rotatable bonds is 3. The molecule has 0 unspecified atom stereocenters. The van der Waals surface area contributed by atoms with Crippen molar-refractivity contribution in [3.05, 3.63) is 42.5 Å². The van der Waals surface area contributed by atoms with E-state index in [-0.39, 0.29) is 10.6 Å². The Morgan fingerprint density at radius 2 is 1.63 bits per heavy atom. The van der Waals surface area contributed by atoms with Gasteiger partial charge in [0.05, 0.1) is 17.7 Å². The highest BCUT2D eigenvalue weighted by molar-refractivity contribution is 7.91. The summed E-state index contributed by atoms with van der Waals surface area (Å²) < 4.78 is 29.1. The number of nitrogens with two attached hydrogens (primary N) is 1. The topological polar surface area (TPSA) is 69.4 Å². The fourth-order valence-electron chi connectivity index (χ4n) is 2.05. The second kappa shape index (κ2) is 4.93. The Labute approximate surface area is 112 Å². The number of benzene rings is 2. The van der Waals surface area contributed by atoms with Gasteiger partial charge in [0.25, 0.3) is 0 Å². The third kappa shape index (κ3) is 2.56. The lowest BCUT2D eigenvalue weighted by atomic mass is 10.0. The molecule has 2 aromatic carbocycles. The first kappa shape index (κ1) is 13.4. The highest BCUT2D eigenvalue weighted by Crippen LogP contribution is 2.36. The molecule has 0 aromatic heterocycles. The van der Waals surface area contributed by atoms with Gasteiger partial charge < -0.3 is 10.5 Å². The molecule has 0 saturated heterocycles. The van der Waals surface area contributed by atoms with Crippen LogP contribution in [-0.4, -0.2) is 21.8 Å². The van der Waals surface area contributed by atoms with Crippen molar-refractivity contribution < 1.29 is 13.2 Å². The molecule has 2 rings (SSSR count). The Bertz CT molecular complexity index is 708. The van der Waals surface area contributed by atoms with E-state index in [4.69, 9.17) is 10.5 Å². The summed E-state index contributed by atoms with van der Waals surface area (Å²) in [4.78, 5) is 0.138. The van der Waals surface area contributed by atoms with Crippen LogP contribution in [0.2, 0.25) is 0 Å². The molecular formula is C14H15NO3S. The van der Waals surface area contributed by atoms with Gasteiger partial charge in [-0.3, -0.25) is 0 Å². The molecule has 0 heterocycles. The fourth-order valence-corrected chi connectivity index (χ4v) is 3.12. The van der Waals surface area contributed by atoms with Crippen LogP contribution in [0, 0.1) is 0 Å². The van der Waals surface area contributed by atoms with Crippen LogP contribution in [0.3, 0.4) is 0 Å². The molecule has 0 spiro atoms. The van der Waals surface area contributed by atoms with Crippen LogP contribution in [0.1, 0.15) is 0 Å². The van der Waals surface area contributed by atoms with Crippen molar-refractivity contribution in [2.24, 2.45) is 0 Å². The lowest BCUT2D eigenvalue weighted by Gasteiger charge is -2.13. The van der Waals surface area contributed by atoms with E-state index >= 15 is 0 Å². The van der Waals surface area contributed by atoms with Gasteiger partial charge in [0.2, 0.25) is 0 Å². The molecule has 2 aromatic rings. The molecule has 0 atom stereocenters. The zero-order valence-corrected chi connectivity index (χ0v) is 11.6. The summed E-state index contributed by atoms with van der Waals surface area (Å²) in [6.45, 7) is 0. The summed E-state index contributed by atoms with van der Waals surface area (Å²) in [6, 6.07) is 12.3. The van der Waals surface area contributed by atoms with E-state index in [0.717, 1.165) is 6.26 Å². The summed E-state index contributed by atoms with van der Waals surface area (Å²) in [6.07, 6.45) is 1.15. The van der Waals surface area contributed by atoms with Crippen molar-refractivity contribution in [3.8, 4) is 16.9 Å². The number of para-hydroxylation sites is 1. The number of nitrogen functional groups attached to an aromatic ring is 1. The lowest BCUT2D eigenvalue weighted by molar-refractivity contribution is 0.416. The van der Waals surface area contributed by atoms with Gasteiger partial charge in [0, 0.05) is 17.4 Å². The average molecular weight is 277 g/mol. The van der Waals surface area contributed by atoms with Crippen molar-refractivity contribution in [2.45, 2.75) is 4.90 Å². The van der Waals surface area contributed by atoms with E-state index in [1.54, 1.807) is 31.4 Å². The third-order valence-corrected chi connectivity index (χ3v) is 4.01. The maximum absolute atomic E-state index is 11.9. The van der Waals surface area contributed by atoms with Gasteiger partial charge in [-0.15, -0.1) is 0 Å². The molecule has 0 amide bonds. The van der Waals surface area contributed by atoms with Crippen molar-refractivity contribution in [2.75, 3.05) is 19.1 Å². The second-order valence-corrected chi connectivity index (χ2v) is 6.15. The van der Waals surface area contributed by atoms with Crippen molar-refractivity contribution in [3.63, 3.8) is 0 Å². The largest absolute Gasteiger partial charge is 0.496 e. The zero-order chi connectivity index (χ0) is 14.0. The molecule has 4 nitrogen and oxygen atoms in total. The lowest BCUT2D eigenvalue weighted by Crippen LogP contribution is -2.05. The number of hydrogen-bond acceptors (Lipinski definition) is 4. The maximum atomic E-state index is 11.9. The summed E-state index contributed by atoms with van der Waals surface area (Å²) >= 11 is 0. The smallest absolute Gasteiger partial charge is 0.178 e. The minimum absolute atomic E-state index is 0.138. The number of anilines is 1. The van der Waals surface area contributed by atoms with E-state index in [1.807, 2.05) is 18.2 Å². The van der Waals surface area contributed by atoms with E-state index in [1.165, 1.54) is 0 Å². The molecule has 0 bridgehead atoms. The molecule has 19 heavy (non-hydrogen) atoms. The SMILES string of the molecule is COc1ccccc1-c1cccc(N)c1S(C)(=O)=O. The minimum Gasteiger partial charge on any atom is -0.496 e. The van der Waals surface area contributed by atoms with E-state index in [2.05, 4.69) is 0 Å². The van der Waals surface area contributed by atoms with Crippen molar-refractivity contribution in [1.82, 2.24) is 0 Å². The first-order chi connectivity index (χ1) is 8.95. The molecule has 2 N–H and O–H groups in total. The first-order valence-electron chi connectivity index (χ1n) is 5.67. The number of ether oxygens (including phenoxy) is 1. The Balaban J connectivity index is 2.80. The summed E-state index contributed by atoms with van der Waals surface area (Å²) in [5.74, 6) is 0.609. The van der Waals surface area contributed by atoms with E-state index < -0.39 is 9.84 Å². The number of methoxy groups -OCH3 is 1. The number of hydrogen-bond donors (Lipinski definition) is 1. The van der Waals surface area contributed by atoms with Crippen LogP contribution in [0.15, 0.2) is 47.4 Å². The van der Waals surface area contributed by atoms with Crippen LogP contribution in [0.4, 0.5) is 5.69 Å². The summed E-state index contributed by atoms with van der Waals surface area (Å²) in [7, 11) is -1.87. The molecule has 0 radical (unpaired) electrons. The van der Waals surface area contributed by atoms with E-state index in [0.29, 0.717) is 16.9 Å². The fraction of sp³-hybridized carbons (Fsp3) is 0.143. The van der Waals surface area contributed by atoms with Gasteiger partial charge in [0.15, 0.2) is 9.84 Å². The van der Waals surface area contributed by atoms with Crippen molar-refractivity contribution >= 4 is 15.5 Å². The average Bonchev–Trinajstić information content (AvgIpc) is 2.37. The Morgan fingerprint density at radius 1 is 1.00 bits per heavy atom. The number of sulfone groups is 1. The van der Waals surface area contributed by atoms with Gasteiger partial charge in [0.1, 0.15) is 5.75 Å². The van der Waals surface area contributed by atoms with Crippen molar-refractivity contribution in [1.29, 1.82) is 0 Å². The third-order valence-electron chi connectivity index (χ3n) is 2.81. The Kier molecular flexibility index (Phi) is 3.48. The second-order valence-electron chi connectivity index (χ2n) is 4.20. The van der Waals surface area contributed by atoms with Gasteiger partial charge in [-0.25, -0.2) is 8.42 Å². The molecule has 0 aliphatic carbocycles. The maximum Gasteiger partial charge on any atom is 0.178 e. The van der Waals surface area contributed by atoms with Crippen LogP contribution in [0.25, 0.3) is 11.1 Å². The van der Waals surface area contributed by atoms with E-state index in [9.17, 15) is 8.42 Å². The molecule has 0 saturated carbocycles. The minimum atomic E-state index is -3.42. The normalized spacial score (nSPS) is 11.3. The highest BCUT2D eigenvalue weighted by Gasteiger charge is 2.19. The quantitative estimate of drug-likeness (QED) is 0.874. The monoisotopic (exact) mass is 277 g/mol. The molecule has 0 aliphatic heterocycles. The predicted molar refractivity (Wildman–Crippen MR) is 76.0 cm³/mol. The summed E-state index contributed by atoms with van der Waals surface area (Å²) in [5.41, 5.74) is 7.32. The van der Waals surface area contributed by atoms with Gasteiger partial charge in [-0.1, -0.05) is 30.3 Å². The van der Waals surface area contributed by atoms with Crippen LogP contribution in [0.5, 0.6) is 5.75 Å². The summed E-state index contributed by atoms with van der Waals surface area (Å²) in [5, 5.41) is 0. The molecule has 0 fully saturated rings. The molecule has 5 heteroatoms. The molecular weight excluding hydrogens is 262 g/mol. The highest BCUT2D eigenvalue weighted by atomic mass is 32.2.